The van der Waals surface area contributed by atoms with Crippen molar-refractivity contribution in [2.24, 2.45) is 0 Å². The van der Waals surface area contributed by atoms with Gasteiger partial charge in [-0.3, -0.25) is 14.5 Å². The Kier molecular flexibility index (Phi) is 5.94. The van der Waals surface area contributed by atoms with E-state index in [1.807, 2.05) is 25.4 Å². The van der Waals surface area contributed by atoms with E-state index in [9.17, 15) is 13.2 Å². The number of allylic oxidation sites excluding steroid dienone is 2. The second-order valence-corrected chi connectivity index (χ2v) is 11.6. The van der Waals surface area contributed by atoms with Gasteiger partial charge in [-0.1, -0.05) is 6.07 Å². The summed E-state index contributed by atoms with van der Waals surface area (Å²) in [6, 6.07) is 9.82. The summed E-state index contributed by atoms with van der Waals surface area (Å²) in [6.07, 6.45) is 7.91. The topological polar surface area (TPSA) is 126 Å². The van der Waals surface area contributed by atoms with Crippen LogP contribution in [-0.2, 0) is 21.3 Å². The average molecular weight is 547 g/mol. The molecule has 1 aromatic carbocycles. The Morgan fingerprint density at radius 2 is 2.00 bits per heavy atom. The first-order valence-corrected chi connectivity index (χ1v) is 13.9. The third kappa shape index (κ3) is 4.32. The van der Waals surface area contributed by atoms with E-state index in [2.05, 4.69) is 25.0 Å². The van der Waals surface area contributed by atoms with Crippen molar-refractivity contribution in [2.75, 3.05) is 14.2 Å². The zero-order valence-electron chi connectivity index (χ0n) is 20.4. The van der Waals surface area contributed by atoms with Crippen LogP contribution in [0.2, 0.25) is 0 Å². The Morgan fingerprint density at radius 3 is 2.84 bits per heavy atom. The van der Waals surface area contributed by atoms with E-state index < -0.39 is 22.2 Å². The number of aromatic nitrogens is 3. The molecule has 0 fully saturated rings. The number of fused-ring (bicyclic) bond motifs is 8. The molecule has 0 saturated carbocycles. The molecule has 0 saturated heterocycles. The van der Waals surface area contributed by atoms with Gasteiger partial charge in [0.2, 0.25) is 0 Å². The molecule has 38 heavy (non-hydrogen) atoms. The maximum absolute atomic E-state index is 13.4. The Bertz CT molecular complexity index is 1760. The molecule has 12 heteroatoms. The molecule has 3 aromatic heterocycles. The number of sulfonamides is 1. The van der Waals surface area contributed by atoms with Crippen LogP contribution in [-0.4, -0.2) is 54.6 Å². The monoisotopic (exact) mass is 546 g/mol. The number of rotatable bonds is 1. The van der Waals surface area contributed by atoms with Crippen molar-refractivity contribution in [3.8, 4) is 11.3 Å². The van der Waals surface area contributed by atoms with Crippen molar-refractivity contribution >= 4 is 43.1 Å². The molecule has 1 atom stereocenters. The van der Waals surface area contributed by atoms with Gasteiger partial charge in [-0.05, 0) is 42.0 Å². The number of amides is 1. The lowest BCUT2D eigenvalue weighted by Gasteiger charge is -2.32. The summed E-state index contributed by atoms with van der Waals surface area (Å²) < 4.78 is 35.1. The van der Waals surface area contributed by atoms with Crippen molar-refractivity contribution in [2.45, 2.75) is 17.7 Å². The summed E-state index contributed by atoms with van der Waals surface area (Å²) in [7, 11) is -0.717. The molecule has 1 amide bonds. The van der Waals surface area contributed by atoms with Crippen molar-refractivity contribution in [1.82, 2.24) is 29.9 Å². The molecule has 1 unspecified atom stereocenters. The second-order valence-electron chi connectivity index (χ2n) is 8.89. The molecule has 4 aromatic rings. The Morgan fingerprint density at radius 1 is 1.13 bits per heavy atom. The number of methoxy groups -OCH3 is 1. The van der Waals surface area contributed by atoms with Crippen molar-refractivity contribution in [3.63, 3.8) is 0 Å². The van der Waals surface area contributed by atoms with Crippen LogP contribution in [0.1, 0.15) is 20.8 Å². The number of carbonyl (C=O) groups is 1. The van der Waals surface area contributed by atoms with Crippen molar-refractivity contribution < 1.29 is 17.9 Å². The quantitative estimate of drug-likeness (QED) is 0.373. The number of carbonyl (C=O) groups excluding carboxylic acids is 1. The van der Waals surface area contributed by atoms with E-state index in [-0.39, 0.29) is 17.0 Å². The van der Waals surface area contributed by atoms with Gasteiger partial charge >= 0.3 is 0 Å². The number of benzene rings is 1. The maximum atomic E-state index is 13.4. The number of hydrogen-bond donors (Lipinski definition) is 2. The minimum Gasteiger partial charge on any atom is -0.356 e. The van der Waals surface area contributed by atoms with E-state index in [0.29, 0.717) is 5.70 Å². The highest BCUT2D eigenvalue weighted by atomic mass is 32.2. The molecule has 6 rings (SSSR count). The second kappa shape index (κ2) is 9.31. The van der Waals surface area contributed by atoms with E-state index in [1.54, 1.807) is 29.4 Å². The van der Waals surface area contributed by atoms with Crippen LogP contribution < -0.4 is 10.0 Å². The highest BCUT2D eigenvalue weighted by molar-refractivity contribution is 7.89. The molecule has 0 radical (unpaired) electrons. The van der Waals surface area contributed by atoms with Crippen molar-refractivity contribution in [1.29, 1.82) is 0 Å². The normalized spacial score (nSPS) is 18.6. The largest absolute Gasteiger partial charge is 0.356 e. The third-order valence-electron chi connectivity index (χ3n) is 6.31. The van der Waals surface area contributed by atoms with Crippen LogP contribution in [0.25, 0.3) is 27.0 Å². The summed E-state index contributed by atoms with van der Waals surface area (Å²) in [5.41, 5.74) is 3.64. The number of thiophene rings is 1. The highest BCUT2D eigenvalue weighted by Crippen LogP contribution is 2.37. The van der Waals surface area contributed by atoms with Crippen LogP contribution in [0.4, 0.5) is 0 Å². The smallest absolute Gasteiger partial charge is 0.261 e. The Labute approximate surface area is 222 Å². The number of ether oxygens (including phenoxy) is 1. The standard InChI is InChI=1S/C26H22N6O4S2/c1-32-13-18-8-21(26(32)36-2)31-38(34,35)19-5-3-4-16(7-19)24(33)28-11-15-6-17(12-27-10-15)23-20-9-22(18)37-25(20)30-14-29-23/h3-10,12-14,26,31H,11H2,1-2H3,(H,28,33). The van der Waals surface area contributed by atoms with E-state index >= 15 is 0 Å². The van der Waals surface area contributed by atoms with Gasteiger partial charge in [0.15, 0.2) is 6.23 Å². The van der Waals surface area contributed by atoms with E-state index in [4.69, 9.17) is 4.74 Å². The summed E-state index contributed by atoms with van der Waals surface area (Å²) in [5, 5.41) is 3.69. The minimum absolute atomic E-state index is 0.0359. The summed E-state index contributed by atoms with van der Waals surface area (Å²) in [6.45, 7) is 0.208. The van der Waals surface area contributed by atoms with Gasteiger partial charge in [-0.2, -0.15) is 0 Å². The highest BCUT2D eigenvalue weighted by Gasteiger charge is 2.28. The SMILES string of the molecule is COC1C2=CC(=CN1C)c1cc3c(ncnc3s1)-c1cncc(c1)CNC(=O)c1cccc(c1)S(=O)(=O)N2. The van der Waals surface area contributed by atoms with Crippen LogP contribution in [0.15, 0.2) is 78.0 Å². The fourth-order valence-electron chi connectivity index (χ4n) is 4.53. The molecule has 0 spiro atoms. The van der Waals surface area contributed by atoms with Crippen LogP contribution in [0, 0.1) is 0 Å². The zero-order valence-corrected chi connectivity index (χ0v) is 22.0. The van der Waals surface area contributed by atoms with Gasteiger partial charge in [0.1, 0.15) is 11.2 Å². The number of likely N-dealkylation sites (N-methyl/N-ethyl adjacent to an activating group) is 1. The predicted octanol–water partition coefficient (Wildman–Crippen LogP) is 3.12. The zero-order chi connectivity index (χ0) is 26.4. The van der Waals surface area contributed by atoms with Gasteiger partial charge < -0.3 is 15.0 Å². The molecule has 192 valence electrons. The number of nitrogens with one attached hydrogen (secondary N) is 2. The van der Waals surface area contributed by atoms with Crippen LogP contribution >= 0.6 is 11.3 Å². The third-order valence-corrected chi connectivity index (χ3v) is 8.78. The minimum atomic E-state index is -4.03. The van der Waals surface area contributed by atoms with Gasteiger partial charge in [0.05, 0.1) is 16.3 Å². The number of pyridine rings is 1. The van der Waals surface area contributed by atoms with E-state index in [0.717, 1.165) is 37.5 Å². The van der Waals surface area contributed by atoms with Crippen LogP contribution in [0.3, 0.4) is 0 Å². The van der Waals surface area contributed by atoms with Gasteiger partial charge in [0.25, 0.3) is 15.9 Å². The van der Waals surface area contributed by atoms with Gasteiger partial charge in [-0.15, -0.1) is 11.3 Å². The molecular weight excluding hydrogens is 524 g/mol. The summed E-state index contributed by atoms with van der Waals surface area (Å²) in [5.74, 6) is -0.405. The first kappa shape index (κ1) is 24.2. The molecule has 2 aliphatic rings. The Balaban J connectivity index is 1.56. The van der Waals surface area contributed by atoms with Gasteiger partial charge in [-0.25, -0.2) is 18.4 Å². The molecule has 5 heterocycles. The molecule has 0 aliphatic carbocycles. The first-order valence-electron chi connectivity index (χ1n) is 11.6. The summed E-state index contributed by atoms with van der Waals surface area (Å²) >= 11 is 1.48. The lowest BCUT2D eigenvalue weighted by atomic mass is 10.1. The molecule has 8 bridgehead atoms. The Hall–Kier alpha value is -4.13. The molecule has 10 nitrogen and oxygen atoms in total. The predicted molar refractivity (Wildman–Crippen MR) is 143 cm³/mol. The van der Waals surface area contributed by atoms with Crippen LogP contribution in [0.5, 0.6) is 0 Å². The molecular formula is C26H22N6O4S2. The molecule has 2 aliphatic heterocycles. The fourth-order valence-corrected chi connectivity index (χ4v) is 6.64. The van der Waals surface area contributed by atoms with Gasteiger partial charge in [0, 0.05) is 66.3 Å². The summed E-state index contributed by atoms with van der Waals surface area (Å²) in [4.78, 5) is 29.7. The molecule has 2 N–H and O–H groups in total. The average Bonchev–Trinajstić information content (AvgIpc) is 3.36. The lowest BCUT2D eigenvalue weighted by Crippen LogP contribution is -2.40. The van der Waals surface area contributed by atoms with E-state index in [1.165, 1.54) is 43.0 Å². The number of nitrogens with zero attached hydrogens (tertiary/aromatic N) is 4. The fraction of sp³-hybridized carbons (Fsp3) is 0.154. The maximum Gasteiger partial charge on any atom is 0.261 e. The van der Waals surface area contributed by atoms with Crippen molar-refractivity contribution in [3.05, 3.63) is 89.1 Å². The number of hydrogen-bond acceptors (Lipinski definition) is 9. The lowest BCUT2D eigenvalue weighted by molar-refractivity contribution is 0.0330. The first-order chi connectivity index (χ1) is 18.3.